The Hall–Kier alpha value is -4.80. The van der Waals surface area contributed by atoms with Crippen LogP contribution in [0.25, 0.3) is 22.2 Å². The van der Waals surface area contributed by atoms with Crippen molar-refractivity contribution < 1.29 is 14.3 Å². The summed E-state index contributed by atoms with van der Waals surface area (Å²) >= 11 is 6.34. The van der Waals surface area contributed by atoms with Crippen LogP contribution in [0.4, 0.5) is 5.69 Å². The highest BCUT2D eigenvalue weighted by Crippen LogP contribution is 2.33. The number of fused-ring (bicyclic) bond motifs is 1. The molecule has 5 aromatic rings. The van der Waals surface area contributed by atoms with Gasteiger partial charge >= 0.3 is 0 Å². The number of rotatable bonds is 7. The molecule has 0 bridgehead atoms. The zero-order chi connectivity index (χ0) is 34.2. The second-order valence-electron chi connectivity index (χ2n) is 13.1. The van der Waals surface area contributed by atoms with Gasteiger partial charge in [0.2, 0.25) is 0 Å². The minimum absolute atomic E-state index is 0.000831. The number of benzene rings is 3. The Labute approximate surface area is 291 Å². The lowest BCUT2D eigenvalue weighted by Gasteiger charge is -2.44. The van der Waals surface area contributed by atoms with Gasteiger partial charge in [-0.2, -0.15) is 0 Å². The monoisotopic (exact) mass is 677 g/mol. The zero-order valence-corrected chi connectivity index (χ0v) is 29.0. The molecule has 4 heterocycles. The number of halogens is 1. The molecule has 2 aliphatic rings. The Balaban J connectivity index is 1.07. The van der Waals surface area contributed by atoms with Crippen LogP contribution in [-0.2, 0) is 11.3 Å². The third-order valence-electron chi connectivity index (χ3n) is 9.85. The summed E-state index contributed by atoms with van der Waals surface area (Å²) in [7, 11) is 1.63. The highest BCUT2D eigenvalue weighted by molar-refractivity contribution is 6.30. The van der Waals surface area contributed by atoms with Crippen molar-refractivity contribution in [1.82, 2.24) is 29.8 Å². The lowest BCUT2D eigenvalue weighted by atomic mass is 9.96. The van der Waals surface area contributed by atoms with E-state index in [2.05, 4.69) is 29.1 Å². The zero-order valence-electron chi connectivity index (χ0n) is 28.2. The van der Waals surface area contributed by atoms with Gasteiger partial charge in [-0.05, 0) is 81.6 Å². The molecule has 2 aromatic heterocycles. The van der Waals surface area contributed by atoms with Crippen molar-refractivity contribution in [2.45, 2.75) is 58.3 Å². The van der Waals surface area contributed by atoms with E-state index in [4.69, 9.17) is 21.3 Å². The van der Waals surface area contributed by atoms with Crippen LogP contribution in [0.2, 0.25) is 5.02 Å². The fourth-order valence-corrected chi connectivity index (χ4v) is 7.53. The van der Waals surface area contributed by atoms with E-state index in [-0.39, 0.29) is 23.9 Å². The molecule has 1 unspecified atom stereocenters. The topological polar surface area (TPSA) is 96.7 Å². The summed E-state index contributed by atoms with van der Waals surface area (Å²) in [6.45, 7) is 8.64. The predicted octanol–water partition coefficient (Wildman–Crippen LogP) is 6.57. The van der Waals surface area contributed by atoms with E-state index in [0.717, 1.165) is 51.3 Å². The Morgan fingerprint density at radius 1 is 1.00 bits per heavy atom. The quantitative estimate of drug-likeness (QED) is 0.192. The van der Waals surface area contributed by atoms with Crippen LogP contribution in [-0.4, -0.2) is 80.4 Å². The number of piperazine rings is 1. The van der Waals surface area contributed by atoms with Gasteiger partial charge in [-0.15, -0.1) is 5.10 Å². The van der Waals surface area contributed by atoms with Crippen molar-refractivity contribution in [2.75, 3.05) is 31.6 Å². The molecule has 2 fully saturated rings. The Bertz CT molecular complexity index is 2000. The molecule has 0 spiro atoms. The molecule has 7 rings (SSSR count). The summed E-state index contributed by atoms with van der Waals surface area (Å²) in [6, 6.07) is 22.7. The first-order valence-corrected chi connectivity index (χ1v) is 17.2. The highest BCUT2D eigenvalue weighted by atomic mass is 35.5. The van der Waals surface area contributed by atoms with Gasteiger partial charge in [-0.3, -0.25) is 14.5 Å². The number of hydrogen-bond donors (Lipinski definition) is 0. The van der Waals surface area contributed by atoms with E-state index >= 15 is 0 Å². The lowest BCUT2D eigenvalue weighted by Crippen LogP contribution is -2.57. The number of amides is 2. The third-order valence-corrected chi connectivity index (χ3v) is 10.1. The molecule has 2 saturated heterocycles. The van der Waals surface area contributed by atoms with Crippen molar-refractivity contribution in [2.24, 2.45) is 0 Å². The molecule has 3 atom stereocenters. The van der Waals surface area contributed by atoms with E-state index in [1.54, 1.807) is 11.8 Å². The second-order valence-corrected chi connectivity index (χ2v) is 13.5. The van der Waals surface area contributed by atoms with Crippen LogP contribution in [0, 0.1) is 6.92 Å². The number of carbonyl (C=O) groups is 2. The molecule has 49 heavy (non-hydrogen) atoms. The lowest BCUT2D eigenvalue weighted by molar-refractivity contribution is -0.123. The van der Waals surface area contributed by atoms with Crippen molar-refractivity contribution in [3.8, 4) is 17.0 Å². The number of anilines is 1. The number of pyridine rings is 1. The average Bonchev–Trinajstić information content (AvgIpc) is 3.58. The van der Waals surface area contributed by atoms with Crippen molar-refractivity contribution in [3.05, 3.63) is 101 Å². The summed E-state index contributed by atoms with van der Waals surface area (Å²) < 4.78 is 7.00. The van der Waals surface area contributed by atoms with Crippen LogP contribution in [0.5, 0.6) is 5.75 Å². The third kappa shape index (κ3) is 6.38. The number of aromatic nitrogens is 4. The van der Waals surface area contributed by atoms with E-state index in [9.17, 15) is 9.59 Å². The van der Waals surface area contributed by atoms with Gasteiger partial charge in [0.05, 0.1) is 35.8 Å². The molecular formula is C38H40ClN7O3. The largest absolute Gasteiger partial charge is 0.497 e. The number of nitrogens with zero attached hydrogens (tertiary/aromatic N) is 7. The molecule has 11 heteroatoms. The number of hydrogen-bond acceptors (Lipinski definition) is 7. The minimum atomic E-state index is -0.406. The number of methoxy groups -OCH3 is 1. The number of ether oxygens (including phenoxy) is 1. The average molecular weight is 678 g/mol. The molecule has 0 saturated carbocycles. The Morgan fingerprint density at radius 2 is 1.76 bits per heavy atom. The first-order valence-electron chi connectivity index (χ1n) is 16.8. The predicted molar refractivity (Wildman–Crippen MR) is 191 cm³/mol. The Kier molecular flexibility index (Phi) is 9.09. The molecule has 0 N–H and O–H groups in total. The van der Waals surface area contributed by atoms with Crippen LogP contribution < -0.4 is 9.64 Å². The smallest absolute Gasteiger partial charge is 0.254 e. The van der Waals surface area contributed by atoms with Gasteiger partial charge < -0.3 is 14.5 Å². The summed E-state index contributed by atoms with van der Waals surface area (Å²) in [5.74, 6) is 0.767. The van der Waals surface area contributed by atoms with E-state index in [1.807, 2.05) is 95.7 Å². The van der Waals surface area contributed by atoms with Crippen molar-refractivity contribution in [1.29, 1.82) is 0 Å². The normalized spacial score (nSPS) is 20.2. The maximum Gasteiger partial charge on any atom is 0.254 e. The van der Waals surface area contributed by atoms with Crippen molar-refractivity contribution >= 4 is 40.0 Å². The van der Waals surface area contributed by atoms with Gasteiger partial charge in [0.25, 0.3) is 11.8 Å². The summed E-state index contributed by atoms with van der Waals surface area (Å²) in [4.78, 5) is 39.1. The highest BCUT2D eigenvalue weighted by Gasteiger charge is 2.35. The van der Waals surface area contributed by atoms with Crippen LogP contribution in [0.1, 0.15) is 54.3 Å². The molecule has 2 amide bonds. The van der Waals surface area contributed by atoms with Gasteiger partial charge in [0, 0.05) is 59.9 Å². The molecule has 10 nitrogen and oxygen atoms in total. The molecule has 252 valence electrons. The van der Waals surface area contributed by atoms with E-state index < -0.39 is 6.04 Å². The van der Waals surface area contributed by atoms with Crippen LogP contribution in [0.15, 0.2) is 79.0 Å². The SMILES string of the molecule is COc1ccc(N2CCCC(n3cc(CN4[C@H](C)CN(C(=O)c5c(C)c(-c6cccc(Cl)c6)nc6ccccc56)C[C@@H]4C)nn3)C2=O)cc1. The summed E-state index contributed by atoms with van der Waals surface area (Å²) in [6.07, 6.45) is 3.49. The summed E-state index contributed by atoms with van der Waals surface area (Å²) in [5.41, 5.74) is 5.59. The van der Waals surface area contributed by atoms with E-state index in [0.29, 0.717) is 43.2 Å². The van der Waals surface area contributed by atoms with Crippen LogP contribution in [0.3, 0.4) is 0 Å². The van der Waals surface area contributed by atoms with Crippen LogP contribution >= 0.6 is 11.6 Å². The molecule has 0 aliphatic carbocycles. The fourth-order valence-electron chi connectivity index (χ4n) is 7.34. The van der Waals surface area contributed by atoms with Gasteiger partial charge in [-0.25, -0.2) is 9.67 Å². The maximum atomic E-state index is 14.4. The molecule has 3 aromatic carbocycles. The first-order chi connectivity index (χ1) is 23.7. The Morgan fingerprint density at radius 3 is 2.49 bits per heavy atom. The maximum absolute atomic E-state index is 14.4. The van der Waals surface area contributed by atoms with Gasteiger partial charge in [0.1, 0.15) is 11.8 Å². The number of para-hydroxylation sites is 1. The minimum Gasteiger partial charge on any atom is -0.497 e. The molecule has 2 aliphatic heterocycles. The van der Waals surface area contributed by atoms with Gasteiger partial charge in [0.15, 0.2) is 0 Å². The summed E-state index contributed by atoms with van der Waals surface area (Å²) in [5, 5.41) is 10.4. The van der Waals surface area contributed by atoms with E-state index in [1.165, 1.54) is 0 Å². The molecular weight excluding hydrogens is 638 g/mol. The number of carbonyl (C=O) groups excluding carboxylic acids is 2. The second kappa shape index (κ2) is 13.6. The van der Waals surface area contributed by atoms with Gasteiger partial charge in [-0.1, -0.05) is 47.1 Å². The first kappa shape index (κ1) is 32.7. The molecule has 0 radical (unpaired) electrons. The standard InChI is InChI=1S/C38H40ClN7O3/c1-24-20-43(38(48)35-26(3)36(27-9-7-10-28(39)19-27)40-33-12-6-5-11-32(33)35)21-25(2)45(24)22-29-23-46(42-41-29)34-13-8-18-44(37(34)47)30-14-16-31(49-4)17-15-30/h5-7,9-12,14-17,19,23-25,34H,8,13,18,20-22H2,1-4H3/t24-,25+,34?. The fraction of sp³-hybridized carbons (Fsp3) is 0.342. The number of piperidine rings is 1. The van der Waals surface area contributed by atoms with Crippen molar-refractivity contribution in [3.63, 3.8) is 0 Å².